The third kappa shape index (κ3) is 4.12. The molecule has 0 saturated carbocycles. The van der Waals surface area contributed by atoms with Gasteiger partial charge in [-0.15, -0.1) is 11.8 Å². The smallest absolute Gasteiger partial charge is 0.334 e. The summed E-state index contributed by atoms with van der Waals surface area (Å²) in [6.07, 6.45) is -2.02. The summed E-state index contributed by atoms with van der Waals surface area (Å²) in [6, 6.07) is 7.88. The van der Waals surface area contributed by atoms with Gasteiger partial charge in [-0.05, 0) is 51.9 Å². The molecule has 0 spiro atoms. The van der Waals surface area contributed by atoms with Crippen molar-refractivity contribution in [3.8, 4) is 0 Å². The molecular weight excluding hydrogens is 587 g/mol. The fraction of sp³-hybridized carbons (Fsp3) is 0.316. The van der Waals surface area contributed by atoms with Crippen LogP contribution in [0.1, 0.15) is 10.9 Å². The number of rotatable bonds is 6. The number of aliphatic hydroxyl groups excluding tert-OH is 2. The highest BCUT2D eigenvalue weighted by molar-refractivity contribution is 14.1. The number of ether oxygens (including phenoxy) is 1. The highest BCUT2D eigenvalue weighted by Gasteiger charge is 2.64. The van der Waals surface area contributed by atoms with Crippen molar-refractivity contribution in [2.24, 2.45) is 5.73 Å². The topological polar surface area (TPSA) is 165 Å². The molecule has 3 aromatic rings. The van der Waals surface area contributed by atoms with Crippen LogP contribution in [-0.2, 0) is 20.9 Å². The Kier molecular flexibility index (Phi) is 6.68. The number of methoxy groups -OCH3 is 1. The lowest BCUT2D eigenvalue weighted by molar-refractivity contribution is -0.152. The maximum Gasteiger partial charge on any atom is 0.334 e. The Labute approximate surface area is 210 Å². The Morgan fingerprint density at radius 2 is 2.15 bits per heavy atom. The predicted octanol–water partition coefficient (Wildman–Crippen LogP) is 1.06. The van der Waals surface area contributed by atoms with Crippen molar-refractivity contribution < 1.29 is 24.5 Å². The van der Waals surface area contributed by atoms with Crippen LogP contribution in [0.5, 0.6) is 0 Å². The van der Waals surface area contributed by atoms with Crippen molar-refractivity contribution in [1.82, 2.24) is 19.5 Å². The van der Waals surface area contributed by atoms with Crippen LogP contribution in [0.2, 0.25) is 5.28 Å². The minimum Gasteiger partial charge on any atom is -0.468 e. The summed E-state index contributed by atoms with van der Waals surface area (Å²) in [5.74, 6) is -1.84. The predicted molar refractivity (Wildman–Crippen MR) is 129 cm³/mol. The summed E-state index contributed by atoms with van der Waals surface area (Å²) in [5, 5.41) is 23.3. The number of thioether (sulfide) groups is 1. The molecule has 0 bridgehead atoms. The molecule has 174 valence electrons. The molecule has 3 heterocycles. The van der Waals surface area contributed by atoms with E-state index in [1.165, 1.54) is 10.9 Å². The standard InChI is InChI=1S/C19H18ClIN6O5S/c1-32-17(31)19(16(22)30)12(29)11(28)15(33-19)27-7-24-10-13(25-18(20)26-14(10)27)23-6-8-3-2-4-9(21)5-8/h2-5,7,11-12,15,28-29H,6H2,1H3,(H2,22,30)(H,23,25,26)/t11-,12+,15-,19+/m1/s1. The number of nitrogens with zero attached hydrogens (tertiary/aromatic N) is 4. The van der Waals surface area contributed by atoms with E-state index in [9.17, 15) is 19.8 Å². The number of aromatic nitrogens is 4. The van der Waals surface area contributed by atoms with E-state index in [0.29, 0.717) is 29.6 Å². The second-order valence-electron chi connectivity index (χ2n) is 7.18. The van der Waals surface area contributed by atoms with Gasteiger partial charge in [-0.3, -0.25) is 9.36 Å². The number of amides is 1. The van der Waals surface area contributed by atoms with Crippen LogP contribution in [0.3, 0.4) is 0 Å². The van der Waals surface area contributed by atoms with E-state index < -0.39 is 34.2 Å². The van der Waals surface area contributed by atoms with Gasteiger partial charge in [0, 0.05) is 10.1 Å². The molecule has 11 nitrogen and oxygen atoms in total. The van der Waals surface area contributed by atoms with Crippen LogP contribution in [0.4, 0.5) is 5.82 Å². The van der Waals surface area contributed by atoms with E-state index in [-0.39, 0.29) is 10.9 Å². The molecule has 1 aromatic carbocycles. The molecule has 1 fully saturated rings. The number of benzene rings is 1. The number of hydrogen-bond donors (Lipinski definition) is 4. The third-order valence-electron chi connectivity index (χ3n) is 5.21. The van der Waals surface area contributed by atoms with Crippen LogP contribution in [0.15, 0.2) is 30.6 Å². The van der Waals surface area contributed by atoms with Gasteiger partial charge in [-0.1, -0.05) is 12.1 Å². The highest BCUT2D eigenvalue weighted by Crippen LogP contribution is 2.51. The lowest BCUT2D eigenvalue weighted by Crippen LogP contribution is -2.56. The molecule has 0 aliphatic carbocycles. The molecular formula is C19H18ClIN6O5S. The number of nitrogens with two attached hydrogens (primary N) is 1. The monoisotopic (exact) mass is 604 g/mol. The summed E-state index contributed by atoms with van der Waals surface area (Å²) in [6.45, 7) is 0.443. The molecule has 5 N–H and O–H groups in total. The molecule has 0 radical (unpaired) electrons. The Balaban J connectivity index is 1.71. The maximum absolute atomic E-state index is 12.4. The normalized spacial score (nSPS) is 24.7. The van der Waals surface area contributed by atoms with Crippen molar-refractivity contribution in [2.45, 2.75) is 28.9 Å². The van der Waals surface area contributed by atoms with Crippen LogP contribution < -0.4 is 11.1 Å². The summed E-state index contributed by atoms with van der Waals surface area (Å²) in [7, 11) is 1.06. The van der Waals surface area contributed by atoms with Gasteiger partial charge in [0.15, 0.2) is 17.0 Å². The van der Waals surface area contributed by atoms with Gasteiger partial charge in [0.2, 0.25) is 15.9 Å². The summed E-state index contributed by atoms with van der Waals surface area (Å²) in [5.41, 5.74) is 7.02. The van der Waals surface area contributed by atoms with Crippen molar-refractivity contribution in [3.05, 3.63) is 45.0 Å². The SMILES string of the molecule is COC(=O)[C@]1(C(N)=O)S[C@@H](n2cnc3c(NCc4cccc(I)c4)nc(Cl)nc32)[C@H](O)[C@@H]1O. The molecule has 4 rings (SSSR count). The van der Waals surface area contributed by atoms with Gasteiger partial charge in [0.25, 0.3) is 0 Å². The fourth-order valence-electron chi connectivity index (χ4n) is 3.60. The second-order valence-corrected chi connectivity index (χ2v) is 10.1. The Morgan fingerprint density at radius 1 is 1.39 bits per heavy atom. The molecule has 14 heteroatoms. The second kappa shape index (κ2) is 9.21. The zero-order valence-corrected chi connectivity index (χ0v) is 20.7. The molecule has 2 aromatic heterocycles. The van der Waals surface area contributed by atoms with E-state index >= 15 is 0 Å². The average Bonchev–Trinajstić information content (AvgIpc) is 3.31. The molecule has 0 unspecified atom stereocenters. The molecule has 1 aliphatic heterocycles. The van der Waals surface area contributed by atoms with E-state index in [0.717, 1.165) is 16.2 Å². The largest absolute Gasteiger partial charge is 0.468 e. The molecule has 1 aliphatic rings. The molecule has 33 heavy (non-hydrogen) atoms. The van der Waals surface area contributed by atoms with Crippen LogP contribution in [-0.4, -0.2) is 65.7 Å². The fourth-order valence-corrected chi connectivity index (χ4v) is 5.89. The first-order valence-electron chi connectivity index (χ1n) is 9.49. The first kappa shape index (κ1) is 23.9. The van der Waals surface area contributed by atoms with Crippen LogP contribution in [0.25, 0.3) is 11.2 Å². The van der Waals surface area contributed by atoms with Crippen LogP contribution >= 0.6 is 46.0 Å². The van der Waals surface area contributed by atoms with Crippen LogP contribution in [0, 0.1) is 3.57 Å². The number of nitrogens with one attached hydrogen (secondary N) is 1. The van der Waals surface area contributed by atoms with Crippen molar-refractivity contribution >= 4 is 74.8 Å². The first-order valence-corrected chi connectivity index (χ1v) is 11.8. The lowest BCUT2D eigenvalue weighted by atomic mass is 9.96. The number of carbonyl (C=O) groups is 2. The number of halogens is 2. The van der Waals surface area contributed by atoms with Gasteiger partial charge in [-0.2, -0.15) is 9.97 Å². The summed E-state index contributed by atoms with van der Waals surface area (Å²) >= 11 is 9.02. The van der Waals surface area contributed by atoms with Gasteiger partial charge in [-0.25, -0.2) is 9.78 Å². The van der Waals surface area contributed by atoms with Crippen molar-refractivity contribution in [3.63, 3.8) is 0 Å². The van der Waals surface area contributed by atoms with E-state index in [4.69, 9.17) is 17.3 Å². The maximum atomic E-state index is 12.4. The van der Waals surface area contributed by atoms with Crippen molar-refractivity contribution in [1.29, 1.82) is 0 Å². The number of fused-ring (bicyclic) bond motifs is 1. The minimum absolute atomic E-state index is 0.0819. The Hall–Kier alpha value is -2.20. The molecule has 1 amide bonds. The van der Waals surface area contributed by atoms with E-state index in [1.807, 2.05) is 24.3 Å². The number of carbonyl (C=O) groups excluding carboxylic acids is 2. The summed E-state index contributed by atoms with van der Waals surface area (Å²) in [4.78, 5) is 37.3. The van der Waals surface area contributed by atoms with E-state index in [2.05, 4.69) is 47.6 Å². The Bertz CT molecular complexity index is 1240. The first-order chi connectivity index (χ1) is 15.7. The average molecular weight is 605 g/mol. The quantitative estimate of drug-likeness (QED) is 0.138. The number of aliphatic hydroxyl groups is 2. The number of hydrogen-bond acceptors (Lipinski definition) is 10. The number of primary amides is 1. The van der Waals surface area contributed by atoms with Crippen molar-refractivity contribution in [2.75, 3.05) is 12.4 Å². The third-order valence-corrected chi connectivity index (χ3v) is 7.78. The minimum atomic E-state index is -2.20. The van der Waals surface area contributed by atoms with E-state index in [1.54, 1.807) is 0 Å². The van der Waals surface area contributed by atoms with Gasteiger partial charge < -0.3 is 26.0 Å². The van der Waals surface area contributed by atoms with Gasteiger partial charge in [0.1, 0.15) is 17.6 Å². The van der Waals surface area contributed by atoms with Gasteiger partial charge >= 0.3 is 5.97 Å². The zero-order valence-electron chi connectivity index (χ0n) is 17.0. The number of imidazole rings is 1. The highest BCUT2D eigenvalue weighted by atomic mass is 127. The Morgan fingerprint density at radius 3 is 2.82 bits per heavy atom. The zero-order chi connectivity index (χ0) is 23.9. The summed E-state index contributed by atoms with van der Waals surface area (Å²) < 4.78 is 4.97. The number of anilines is 1. The number of esters is 1. The van der Waals surface area contributed by atoms with Gasteiger partial charge in [0.05, 0.1) is 13.4 Å². The molecule has 4 atom stereocenters. The molecule has 1 saturated heterocycles. The lowest BCUT2D eigenvalue weighted by Gasteiger charge is -2.25.